The lowest BCUT2D eigenvalue weighted by molar-refractivity contribution is -0.0543. The zero-order chi connectivity index (χ0) is 14.6. The van der Waals surface area contributed by atoms with E-state index in [1.165, 1.54) is 10.4 Å². The molecule has 21 heavy (non-hydrogen) atoms. The Morgan fingerprint density at radius 3 is 3.14 bits per heavy atom. The molecule has 6 heteroatoms. The Labute approximate surface area is 131 Å². The fourth-order valence-electron chi connectivity index (χ4n) is 3.06. The van der Waals surface area contributed by atoms with Gasteiger partial charge >= 0.3 is 0 Å². The van der Waals surface area contributed by atoms with E-state index >= 15 is 0 Å². The van der Waals surface area contributed by atoms with Crippen LogP contribution in [0.15, 0.2) is 9.95 Å². The highest BCUT2D eigenvalue weighted by Gasteiger charge is 2.33. The lowest BCUT2D eigenvalue weighted by atomic mass is 9.90. The highest BCUT2D eigenvalue weighted by molar-refractivity contribution is 7.99. The van der Waals surface area contributed by atoms with Crippen LogP contribution in [0, 0.1) is 0 Å². The van der Waals surface area contributed by atoms with E-state index in [0.29, 0.717) is 6.61 Å². The van der Waals surface area contributed by atoms with Gasteiger partial charge in [-0.2, -0.15) is 0 Å². The molecule has 0 amide bonds. The Morgan fingerprint density at radius 1 is 1.48 bits per heavy atom. The Kier molecular flexibility index (Phi) is 3.17. The maximum Gasteiger partial charge on any atom is 0.263 e. The van der Waals surface area contributed by atoms with Gasteiger partial charge in [-0.1, -0.05) is 18.7 Å². The van der Waals surface area contributed by atoms with Crippen molar-refractivity contribution in [1.82, 2.24) is 9.55 Å². The number of thiophene rings is 1. The van der Waals surface area contributed by atoms with Crippen LogP contribution in [0.25, 0.3) is 10.2 Å². The number of hydrogen-bond acceptors (Lipinski definition) is 5. The quantitative estimate of drug-likeness (QED) is 0.756. The molecule has 0 fully saturated rings. The van der Waals surface area contributed by atoms with Crippen molar-refractivity contribution in [2.24, 2.45) is 0 Å². The predicted octanol–water partition coefficient (Wildman–Crippen LogP) is 3.20. The summed E-state index contributed by atoms with van der Waals surface area (Å²) in [5, 5.41) is 1.74. The standard InChI is InChI=1S/C15H18N2O2S2/c1-3-15(2)7-9-10(8-19-15)21-12-11(9)13(18)17-5-4-6-20-14(17)16-12/h3-8H2,1-2H3/t15-/m1/s1. The number of hydrogen-bond donors (Lipinski definition) is 0. The molecule has 4 heterocycles. The van der Waals surface area contributed by atoms with Gasteiger partial charge in [0.05, 0.1) is 17.6 Å². The molecule has 1 atom stereocenters. The summed E-state index contributed by atoms with van der Waals surface area (Å²) in [6.07, 6.45) is 2.83. The lowest BCUT2D eigenvalue weighted by Gasteiger charge is -2.32. The molecule has 0 unspecified atom stereocenters. The van der Waals surface area contributed by atoms with Crippen molar-refractivity contribution in [2.45, 2.75) is 57.0 Å². The molecule has 0 aliphatic carbocycles. The minimum Gasteiger partial charge on any atom is -0.369 e. The van der Waals surface area contributed by atoms with Gasteiger partial charge in [0.2, 0.25) is 0 Å². The van der Waals surface area contributed by atoms with Crippen LogP contribution in [0.4, 0.5) is 0 Å². The van der Waals surface area contributed by atoms with Crippen LogP contribution in [-0.2, 0) is 24.3 Å². The minimum atomic E-state index is -0.150. The van der Waals surface area contributed by atoms with E-state index < -0.39 is 0 Å². The van der Waals surface area contributed by atoms with E-state index in [4.69, 9.17) is 9.72 Å². The van der Waals surface area contributed by atoms with Crippen LogP contribution in [-0.4, -0.2) is 20.9 Å². The highest BCUT2D eigenvalue weighted by Crippen LogP contribution is 2.39. The third kappa shape index (κ3) is 2.07. The molecule has 112 valence electrons. The van der Waals surface area contributed by atoms with Gasteiger partial charge in [-0.25, -0.2) is 4.98 Å². The van der Waals surface area contributed by atoms with E-state index in [1.54, 1.807) is 23.1 Å². The van der Waals surface area contributed by atoms with Gasteiger partial charge in [-0.05, 0) is 25.3 Å². The Balaban J connectivity index is 1.96. The summed E-state index contributed by atoms with van der Waals surface area (Å²) in [4.78, 5) is 19.7. The second kappa shape index (κ2) is 4.83. The van der Waals surface area contributed by atoms with Crippen LogP contribution in [0.5, 0.6) is 0 Å². The summed E-state index contributed by atoms with van der Waals surface area (Å²) in [7, 11) is 0. The molecule has 4 rings (SSSR count). The number of ether oxygens (including phenoxy) is 1. The van der Waals surface area contributed by atoms with Gasteiger partial charge in [-0.15, -0.1) is 11.3 Å². The van der Waals surface area contributed by atoms with E-state index in [2.05, 4.69) is 13.8 Å². The molecule has 2 aromatic rings. The molecule has 2 aromatic heterocycles. The van der Waals surface area contributed by atoms with Gasteiger partial charge < -0.3 is 4.74 Å². The smallest absolute Gasteiger partial charge is 0.263 e. The molecule has 0 saturated heterocycles. The molecular weight excluding hydrogens is 304 g/mol. The third-order valence-electron chi connectivity index (χ3n) is 4.57. The van der Waals surface area contributed by atoms with Crippen LogP contribution >= 0.6 is 23.1 Å². The zero-order valence-corrected chi connectivity index (χ0v) is 13.9. The van der Waals surface area contributed by atoms with Crippen LogP contribution < -0.4 is 5.56 Å². The van der Waals surface area contributed by atoms with E-state index in [-0.39, 0.29) is 11.2 Å². The maximum atomic E-state index is 12.9. The lowest BCUT2D eigenvalue weighted by Crippen LogP contribution is -2.35. The van der Waals surface area contributed by atoms with Crippen molar-refractivity contribution in [3.63, 3.8) is 0 Å². The first kappa shape index (κ1) is 13.8. The molecule has 0 saturated carbocycles. The minimum absolute atomic E-state index is 0.150. The summed E-state index contributed by atoms with van der Waals surface area (Å²) in [6.45, 7) is 5.70. The summed E-state index contributed by atoms with van der Waals surface area (Å²) < 4.78 is 7.87. The number of nitrogens with zero attached hydrogens (tertiary/aromatic N) is 2. The first-order chi connectivity index (χ1) is 10.1. The maximum absolute atomic E-state index is 12.9. The molecule has 0 aromatic carbocycles. The second-order valence-electron chi connectivity index (χ2n) is 6.01. The SMILES string of the molecule is CC[C@]1(C)Cc2c(sc3nc4n(c(=O)c23)CCCS4)CO1. The fourth-order valence-corrected chi connectivity index (χ4v) is 5.15. The van der Waals surface area contributed by atoms with Gasteiger partial charge in [-0.3, -0.25) is 9.36 Å². The average Bonchev–Trinajstić information content (AvgIpc) is 2.85. The molecule has 2 aliphatic rings. The number of rotatable bonds is 1. The van der Waals surface area contributed by atoms with Gasteiger partial charge in [0.15, 0.2) is 5.16 Å². The normalized spacial score (nSPS) is 24.9. The second-order valence-corrected chi connectivity index (χ2v) is 8.15. The predicted molar refractivity (Wildman–Crippen MR) is 86.4 cm³/mol. The zero-order valence-electron chi connectivity index (χ0n) is 12.3. The van der Waals surface area contributed by atoms with Crippen molar-refractivity contribution in [3.8, 4) is 0 Å². The average molecular weight is 322 g/mol. The Bertz CT molecular complexity index is 780. The van der Waals surface area contributed by atoms with Crippen LogP contribution in [0.2, 0.25) is 0 Å². The van der Waals surface area contributed by atoms with Gasteiger partial charge in [0.25, 0.3) is 5.56 Å². The Hall–Kier alpha value is -0.850. The summed E-state index contributed by atoms with van der Waals surface area (Å²) in [5.74, 6) is 1.06. The molecule has 2 aliphatic heterocycles. The molecule has 4 nitrogen and oxygen atoms in total. The summed E-state index contributed by atoms with van der Waals surface area (Å²) >= 11 is 3.33. The summed E-state index contributed by atoms with van der Waals surface area (Å²) in [6, 6.07) is 0. The van der Waals surface area contributed by atoms with Crippen LogP contribution in [0.1, 0.15) is 37.1 Å². The molecule has 0 radical (unpaired) electrons. The van der Waals surface area contributed by atoms with Crippen molar-refractivity contribution >= 4 is 33.3 Å². The molecule has 0 spiro atoms. The molecule has 0 N–H and O–H groups in total. The van der Waals surface area contributed by atoms with Gasteiger partial charge in [0.1, 0.15) is 4.83 Å². The van der Waals surface area contributed by atoms with Crippen molar-refractivity contribution in [2.75, 3.05) is 5.75 Å². The van der Waals surface area contributed by atoms with E-state index in [0.717, 1.165) is 46.9 Å². The highest BCUT2D eigenvalue weighted by atomic mass is 32.2. The van der Waals surface area contributed by atoms with Gasteiger partial charge in [0, 0.05) is 23.6 Å². The van der Waals surface area contributed by atoms with E-state index in [1.807, 2.05) is 4.57 Å². The van der Waals surface area contributed by atoms with E-state index in [9.17, 15) is 4.79 Å². The monoisotopic (exact) mass is 322 g/mol. The number of fused-ring (bicyclic) bond motifs is 4. The first-order valence-corrected chi connectivity index (χ1v) is 9.23. The van der Waals surface area contributed by atoms with Crippen molar-refractivity contribution in [3.05, 3.63) is 20.8 Å². The first-order valence-electron chi connectivity index (χ1n) is 7.43. The molecule has 0 bridgehead atoms. The largest absolute Gasteiger partial charge is 0.369 e. The van der Waals surface area contributed by atoms with Crippen molar-refractivity contribution < 1.29 is 4.74 Å². The topological polar surface area (TPSA) is 44.1 Å². The fraction of sp³-hybridized carbons (Fsp3) is 0.600. The number of aromatic nitrogens is 2. The summed E-state index contributed by atoms with van der Waals surface area (Å²) in [5.41, 5.74) is 1.19. The molecular formula is C15H18N2O2S2. The third-order valence-corrected chi connectivity index (χ3v) is 6.73. The van der Waals surface area contributed by atoms with Crippen molar-refractivity contribution in [1.29, 1.82) is 0 Å². The number of thioether (sulfide) groups is 1. The Morgan fingerprint density at radius 2 is 2.33 bits per heavy atom. The van der Waals surface area contributed by atoms with Crippen LogP contribution in [0.3, 0.4) is 0 Å².